The zero-order valence-corrected chi connectivity index (χ0v) is 12.4. The molecular weight excluding hydrogens is 277 g/mol. The Kier molecular flexibility index (Phi) is 5.31. The molecule has 0 radical (unpaired) electrons. The third-order valence-corrected chi connectivity index (χ3v) is 4.61. The van der Waals surface area contributed by atoms with Gasteiger partial charge in [-0.25, -0.2) is 0 Å². The Labute approximate surface area is 124 Å². The first-order valence-corrected chi connectivity index (χ1v) is 7.74. The third kappa shape index (κ3) is 4.22. The van der Waals surface area contributed by atoms with Gasteiger partial charge in [-0.05, 0) is 42.7 Å². The molecule has 0 spiro atoms. The molecule has 1 aliphatic rings. The zero-order chi connectivity index (χ0) is 15.5. The molecule has 1 N–H and O–H groups in total. The molecule has 4 heteroatoms. The average molecular weight is 300 g/mol. The number of alkyl halides is 3. The summed E-state index contributed by atoms with van der Waals surface area (Å²) in [6, 6.07) is 7.77. The largest absolute Gasteiger partial charge is 0.392 e. The van der Waals surface area contributed by atoms with Crippen LogP contribution in [0, 0.1) is 11.8 Å². The monoisotopic (exact) mass is 300 g/mol. The Bertz CT molecular complexity index is 438. The van der Waals surface area contributed by atoms with Crippen LogP contribution in [0.5, 0.6) is 0 Å². The molecule has 0 aromatic heterocycles. The fraction of sp³-hybridized carbons (Fsp3) is 0.647. The van der Waals surface area contributed by atoms with Crippen molar-refractivity contribution in [3.8, 4) is 0 Å². The lowest BCUT2D eigenvalue weighted by atomic mass is 9.74. The summed E-state index contributed by atoms with van der Waals surface area (Å²) >= 11 is 0. The summed E-state index contributed by atoms with van der Waals surface area (Å²) in [7, 11) is 0. The molecule has 1 fully saturated rings. The number of hydrogen-bond donors (Lipinski definition) is 1. The van der Waals surface area contributed by atoms with Gasteiger partial charge in [0.15, 0.2) is 0 Å². The summed E-state index contributed by atoms with van der Waals surface area (Å²) in [4.78, 5) is 0. The lowest BCUT2D eigenvalue weighted by molar-refractivity contribution is -0.206. The first-order valence-electron chi connectivity index (χ1n) is 7.74. The van der Waals surface area contributed by atoms with Crippen molar-refractivity contribution in [3.63, 3.8) is 0 Å². The van der Waals surface area contributed by atoms with Gasteiger partial charge in [0.05, 0.1) is 12.0 Å². The minimum atomic E-state index is -4.20. The van der Waals surface area contributed by atoms with Crippen LogP contribution >= 0.6 is 0 Å². The first-order chi connectivity index (χ1) is 9.91. The van der Waals surface area contributed by atoms with E-state index in [4.69, 9.17) is 0 Å². The summed E-state index contributed by atoms with van der Waals surface area (Å²) in [5.41, 5.74) is 2.10. The van der Waals surface area contributed by atoms with Crippen LogP contribution < -0.4 is 0 Å². The molecule has 118 valence electrons. The fourth-order valence-corrected chi connectivity index (χ4v) is 3.33. The number of rotatable bonds is 4. The Morgan fingerprint density at radius 1 is 1.10 bits per heavy atom. The SMILES string of the molecule is CCc1ccc(CC(O)C2CCCCC2C(F)(F)F)cc1. The number of halogens is 3. The summed E-state index contributed by atoms with van der Waals surface area (Å²) in [5, 5.41) is 10.3. The van der Waals surface area contributed by atoms with Gasteiger partial charge in [-0.2, -0.15) is 13.2 Å². The quantitative estimate of drug-likeness (QED) is 0.866. The molecule has 1 nitrogen and oxygen atoms in total. The number of hydrogen-bond acceptors (Lipinski definition) is 1. The van der Waals surface area contributed by atoms with Crippen molar-refractivity contribution in [1.29, 1.82) is 0 Å². The van der Waals surface area contributed by atoms with Crippen molar-refractivity contribution in [2.24, 2.45) is 11.8 Å². The van der Waals surface area contributed by atoms with Crippen LogP contribution in [0.2, 0.25) is 0 Å². The van der Waals surface area contributed by atoms with E-state index in [2.05, 4.69) is 6.92 Å². The maximum atomic E-state index is 13.1. The highest BCUT2D eigenvalue weighted by molar-refractivity contribution is 5.23. The van der Waals surface area contributed by atoms with Crippen LogP contribution in [-0.4, -0.2) is 17.4 Å². The van der Waals surface area contributed by atoms with Gasteiger partial charge < -0.3 is 5.11 Å². The van der Waals surface area contributed by atoms with Crippen molar-refractivity contribution in [2.45, 2.75) is 57.7 Å². The molecule has 0 bridgehead atoms. The summed E-state index contributed by atoms with van der Waals surface area (Å²) in [5.74, 6) is -2.01. The van der Waals surface area contributed by atoms with E-state index in [0.29, 0.717) is 19.3 Å². The minimum absolute atomic E-state index is 0.153. The van der Waals surface area contributed by atoms with Gasteiger partial charge in [0.25, 0.3) is 0 Å². The van der Waals surface area contributed by atoms with Crippen LogP contribution in [0.15, 0.2) is 24.3 Å². The second-order valence-corrected chi connectivity index (χ2v) is 6.04. The van der Waals surface area contributed by atoms with Gasteiger partial charge in [0, 0.05) is 0 Å². The van der Waals surface area contributed by atoms with E-state index in [1.807, 2.05) is 24.3 Å². The standard InChI is InChI=1S/C17H23F3O/c1-2-12-7-9-13(10-8-12)11-16(21)14-5-3-4-6-15(14)17(18,19)20/h7-10,14-16,21H,2-6,11H2,1H3. The molecule has 1 aromatic carbocycles. The predicted molar refractivity (Wildman–Crippen MR) is 77.0 cm³/mol. The molecule has 0 amide bonds. The smallest absolute Gasteiger partial charge is 0.392 e. The van der Waals surface area contributed by atoms with E-state index in [9.17, 15) is 18.3 Å². The van der Waals surface area contributed by atoms with E-state index in [-0.39, 0.29) is 6.42 Å². The molecule has 1 aromatic rings. The number of aryl methyl sites for hydroxylation is 1. The van der Waals surface area contributed by atoms with E-state index in [1.54, 1.807) is 0 Å². The van der Waals surface area contributed by atoms with E-state index >= 15 is 0 Å². The molecule has 2 rings (SSSR count). The first kappa shape index (κ1) is 16.3. The number of aliphatic hydroxyl groups excluding tert-OH is 1. The maximum absolute atomic E-state index is 13.1. The minimum Gasteiger partial charge on any atom is -0.392 e. The van der Waals surface area contributed by atoms with Crippen molar-refractivity contribution in [2.75, 3.05) is 0 Å². The molecular formula is C17H23F3O. The molecule has 21 heavy (non-hydrogen) atoms. The Morgan fingerprint density at radius 2 is 1.67 bits per heavy atom. The Hall–Kier alpha value is -1.03. The van der Waals surface area contributed by atoms with Crippen LogP contribution in [0.4, 0.5) is 13.2 Å². The zero-order valence-electron chi connectivity index (χ0n) is 12.4. The topological polar surface area (TPSA) is 20.2 Å². The van der Waals surface area contributed by atoms with E-state index in [1.165, 1.54) is 5.56 Å². The van der Waals surface area contributed by atoms with Crippen LogP contribution in [0.1, 0.15) is 43.7 Å². The van der Waals surface area contributed by atoms with Gasteiger partial charge in [-0.3, -0.25) is 0 Å². The van der Waals surface area contributed by atoms with Crippen LogP contribution in [-0.2, 0) is 12.8 Å². The second kappa shape index (κ2) is 6.82. The van der Waals surface area contributed by atoms with Crippen molar-refractivity contribution >= 4 is 0 Å². The molecule has 1 aliphatic carbocycles. The summed E-state index contributed by atoms with van der Waals surface area (Å²) in [6.45, 7) is 2.06. The summed E-state index contributed by atoms with van der Waals surface area (Å²) < 4.78 is 39.2. The lowest BCUT2D eigenvalue weighted by Gasteiger charge is -2.36. The van der Waals surface area contributed by atoms with Gasteiger partial charge in [0.1, 0.15) is 0 Å². The highest BCUT2D eigenvalue weighted by atomic mass is 19.4. The fourth-order valence-electron chi connectivity index (χ4n) is 3.33. The van der Waals surface area contributed by atoms with Crippen LogP contribution in [0.3, 0.4) is 0 Å². The van der Waals surface area contributed by atoms with E-state index in [0.717, 1.165) is 18.4 Å². The van der Waals surface area contributed by atoms with Gasteiger partial charge in [-0.1, -0.05) is 44.0 Å². The van der Waals surface area contributed by atoms with Crippen molar-refractivity contribution in [3.05, 3.63) is 35.4 Å². The van der Waals surface area contributed by atoms with Crippen molar-refractivity contribution < 1.29 is 18.3 Å². The summed E-state index contributed by atoms with van der Waals surface area (Å²) in [6.07, 6.45) is -1.86. The third-order valence-electron chi connectivity index (χ3n) is 4.61. The average Bonchev–Trinajstić information content (AvgIpc) is 2.47. The predicted octanol–water partition coefficient (Wildman–Crippen LogP) is 4.52. The molecule has 0 heterocycles. The van der Waals surface area contributed by atoms with Gasteiger partial charge in [-0.15, -0.1) is 0 Å². The van der Waals surface area contributed by atoms with Gasteiger partial charge in [0.2, 0.25) is 0 Å². The molecule has 3 unspecified atom stereocenters. The maximum Gasteiger partial charge on any atom is 0.392 e. The second-order valence-electron chi connectivity index (χ2n) is 6.04. The number of aliphatic hydroxyl groups is 1. The van der Waals surface area contributed by atoms with Crippen molar-refractivity contribution in [1.82, 2.24) is 0 Å². The molecule has 3 atom stereocenters. The molecule has 1 saturated carbocycles. The lowest BCUT2D eigenvalue weighted by Crippen LogP contribution is -2.40. The number of benzene rings is 1. The highest BCUT2D eigenvalue weighted by Gasteiger charge is 2.47. The van der Waals surface area contributed by atoms with Crippen LogP contribution in [0.25, 0.3) is 0 Å². The normalized spacial score (nSPS) is 24.8. The Morgan fingerprint density at radius 3 is 2.24 bits per heavy atom. The Balaban J connectivity index is 2.04. The van der Waals surface area contributed by atoms with Gasteiger partial charge >= 0.3 is 6.18 Å². The van der Waals surface area contributed by atoms with E-state index < -0.39 is 24.1 Å². The molecule has 0 aliphatic heterocycles. The molecule has 0 saturated heterocycles. The highest BCUT2D eigenvalue weighted by Crippen LogP contribution is 2.43.